The maximum atomic E-state index is 13.1. The summed E-state index contributed by atoms with van der Waals surface area (Å²) in [5.41, 5.74) is 5.18. The van der Waals surface area contributed by atoms with E-state index < -0.39 is 78.0 Å². The Morgan fingerprint density at radius 1 is 0.775 bits per heavy atom. The predicted molar refractivity (Wildman–Crippen MR) is 137 cm³/mol. The average Bonchev–Trinajstić information content (AvgIpc) is 2.88. The molecule has 0 aliphatic heterocycles. The smallest absolute Gasteiger partial charge is 0.330 e. The van der Waals surface area contributed by atoms with E-state index in [0.717, 1.165) is 13.2 Å². The van der Waals surface area contributed by atoms with Gasteiger partial charge in [-0.15, -0.1) is 0 Å². The molecule has 0 aromatic rings. The van der Waals surface area contributed by atoms with Crippen molar-refractivity contribution >= 4 is 47.4 Å². The summed E-state index contributed by atoms with van der Waals surface area (Å²) in [6.07, 6.45) is 1.25. The first-order chi connectivity index (χ1) is 18.7. The molecule has 0 aromatic heterocycles. The Hall–Kier alpha value is -4.50. The number of allylic oxidation sites excluding steroid dienone is 1. The summed E-state index contributed by atoms with van der Waals surface area (Å²) < 4.78 is 9.00. The van der Waals surface area contributed by atoms with E-state index in [0.29, 0.717) is 0 Å². The molecule has 0 saturated heterocycles. The number of ether oxygens (including phenoxy) is 2. The molecule has 7 N–H and O–H groups in total. The number of nitrogens with one attached hydrogen (secondary N) is 4. The Kier molecular flexibility index (Phi) is 16.6. The first-order valence-electron chi connectivity index (χ1n) is 12.2. The van der Waals surface area contributed by atoms with Crippen LogP contribution in [0.25, 0.3) is 0 Å². The second-order valence-electron chi connectivity index (χ2n) is 8.57. The molecule has 0 spiro atoms. The minimum absolute atomic E-state index is 0.0259. The fourth-order valence-corrected chi connectivity index (χ4v) is 3.21. The Balaban J connectivity index is 5.77. The van der Waals surface area contributed by atoms with Crippen LogP contribution in [0.1, 0.15) is 52.4 Å². The molecule has 40 heavy (non-hydrogen) atoms. The van der Waals surface area contributed by atoms with E-state index in [1.807, 2.05) is 0 Å². The van der Waals surface area contributed by atoms with Crippen LogP contribution in [0, 0.1) is 0 Å². The lowest BCUT2D eigenvalue weighted by Gasteiger charge is -2.25. The fraction of sp³-hybridized carbons (Fsp3) is 0.583. The van der Waals surface area contributed by atoms with Crippen molar-refractivity contribution < 1.29 is 52.9 Å². The molecule has 5 amide bonds. The van der Waals surface area contributed by atoms with Crippen LogP contribution in [0.2, 0.25) is 0 Å². The molecule has 0 aromatic carbocycles. The highest BCUT2D eigenvalue weighted by atomic mass is 16.5. The number of aliphatic carboxylic acids is 1. The second kappa shape index (κ2) is 18.7. The number of carbonyl (C=O) groups is 8. The predicted octanol–water partition coefficient (Wildman–Crippen LogP) is -2.22. The molecule has 224 valence electrons. The van der Waals surface area contributed by atoms with Crippen LogP contribution in [0.15, 0.2) is 12.2 Å². The van der Waals surface area contributed by atoms with Gasteiger partial charge >= 0.3 is 17.9 Å². The molecule has 4 atom stereocenters. The third kappa shape index (κ3) is 15.0. The molecule has 0 bridgehead atoms. The van der Waals surface area contributed by atoms with E-state index in [2.05, 4.69) is 30.7 Å². The molecule has 0 aliphatic rings. The number of nitrogens with two attached hydrogens (primary N) is 1. The number of carbonyl (C=O) groups excluding carboxylic acids is 7. The van der Waals surface area contributed by atoms with Crippen LogP contribution in [0.3, 0.4) is 0 Å². The minimum atomic E-state index is -1.43. The van der Waals surface area contributed by atoms with Gasteiger partial charge in [0.25, 0.3) is 0 Å². The number of esters is 2. The number of carboxylic acids is 1. The van der Waals surface area contributed by atoms with Gasteiger partial charge in [-0.05, 0) is 32.6 Å². The highest BCUT2D eigenvalue weighted by Crippen LogP contribution is 2.06. The van der Waals surface area contributed by atoms with Gasteiger partial charge < -0.3 is 41.6 Å². The normalized spacial score (nSPS) is 13.6. The molecule has 0 radical (unpaired) electrons. The number of hydrogen-bond acceptors (Lipinski definition) is 10. The highest BCUT2D eigenvalue weighted by Gasteiger charge is 2.31. The van der Waals surface area contributed by atoms with Crippen LogP contribution in [-0.4, -0.2) is 90.9 Å². The van der Waals surface area contributed by atoms with Gasteiger partial charge in [-0.3, -0.25) is 28.8 Å². The van der Waals surface area contributed by atoms with Gasteiger partial charge in [0.1, 0.15) is 24.2 Å². The van der Waals surface area contributed by atoms with E-state index in [1.54, 1.807) is 0 Å². The van der Waals surface area contributed by atoms with Crippen molar-refractivity contribution in [1.29, 1.82) is 0 Å². The SMILES string of the molecule is COC(=O)/C=C/CC[C@H](NC(C)=O)C(=O)N[C@@H](CCC(N)=O)C(=O)NC(CCC(=O)O)C(=O)NC(C)C(=O)OC. The summed E-state index contributed by atoms with van der Waals surface area (Å²) in [5, 5.41) is 18.5. The van der Waals surface area contributed by atoms with Gasteiger partial charge in [-0.1, -0.05) is 6.08 Å². The molecule has 0 heterocycles. The summed E-state index contributed by atoms with van der Waals surface area (Å²) >= 11 is 0. The third-order valence-corrected chi connectivity index (χ3v) is 5.28. The largest absolute Gasteiger partial charge is 0.481 e. The van der Waals surface area contributed by atoms with Crippen molar-refractivity contribution in [1.82, 2.24) is 21.3 Å². The summed E-state index contributed by atoms with van der Waals surface area (Å²) in [5.74, 6) is -6.65. The number of primary amides is 1. The van der Waals surface area contributed by atoms with Gasteiger partial charge in [0.05, 0.1) is 14.2 Å². The summed E-state index contributed by atoms with van der Waals surface area (Å²) in [7, 11) is 2.29. The summed E-state index contributed by atoms with van der Waals surface area (Å²) in [6.45, 7) is 2.49. The maximum absolute atomic E-state index is 13.1. The van der Waals surface area contributed by atoms with Crippen LogP contribution < -0.4 is 27.0 Å². The highest BCUT2D eigenvalue weighted by molar-refractivity contribution is 5.95. The van der Waals surface area contributed by atoms with Gasteiger partial charge in [0.15, 0.2) is 0 Å². The number of carboxylic acid groups (broad SMARTS) is 1. The summed E-state index contributed by atoms with van der Waals surface area (Å²) in [4.78, 5) is 95.7. The molecule has 2 unspecified atom stereocenters. The topological polar surface area (TPSA) is 249 Å². The van der Waals surface area contributed by atoms with E-state index in [-0.39, 0.29) is 32.1 Å². The number of hydrogen-bond donors (Lipinski definition) is 6. The van der Waals surface area contributed by atoms with Crippen molar-refractivity contribution in [3.8, 4) is 0 Å². The van der Waals surface area contributed by atoms with Crippen LogP contribution in [0.5, 0.6) is 0 Å². The quantitative estimate of drug-likeness (QED) is 0.0759. The molecule has 0 saturated carbocycles. The van der Waals surface area contributed by atoms with Crippen molar-refractivity contribution in [2.75, 3.05) is 14.2 Å². The van der Waals surface area contributed by atoms with E-state index in [1.165, 1.54) is 27.0 Å². The van der Waals surface area contributed by atoms with Crippen molar-refractivity contribution in [3.63, 3.8) is 0 Å². The minimum Gasteiger partial charge on any atom is -0.481 e. The zero-order chi connectivity index (χ0) is 30.8. The van der Waals surface area contributed by atoms with Crippen molar-refractivity contribution in [2.45, 2.75) is 76.5 Å². The average molecular weight is 572 g/mol. The standard InChI is InChI=1S/C24H37N5O11/c1-13(24(38)40-4)26-21(35)17(10-12-19(32)33)29-23(37)16(9-11-18(25)31)28-22(36)15(27-14(2)30)7-5-6-8-20(34)39-3/h6,8,13,15-17H,5,7,9-12H2,1-4H3,(H2,25,31)(H,26,35)(H,27,30)(H,28,36)(H,29,37)(H,32,33)/b8-6+/t13?,15-,16-,17?/m0/s1. The summed E-state index contributed by atoms with van der Waals surface area (Å²) in [6, 6.07) is -5.10. The number of amides is 5. The van der Waals surface area contributed by atoms with Crippen LogP contribution in [-0.2, 0) is 47.8 Å². The molecular weight excluding hydrogens is 534 g/mol. The Bertz CT molecular complexity index is 982. The molecule has 0 rings (SSSR count). The Morgan fingerprint density at radius 3 is 1.73 bits per heavy atom. The van der Waals surface area contributed by atoms with Crippen LogP contribution in [0.4, 0.5) is 0 Å². The van der Waals surface area contributed by atoms with Gasteiger partial charge in [-0.25, -0.2) is 9.59 Å². The number of rotatable bonds is 18. The Morgan fingerprint density at radius 2 is 1.27 bits per heavy atom. The second-order valence-corrected chi connectivity index (χ2v) is 8.57. The zero-order valence-corrected chi connectivity index (χ0v) is 22.8. The lowest BCUT2D eigenvalue weighted by molar-refractivity contribution is -0.145. The van der Waals surface area contributed by atoms with Gasteiger partial charge in [0, 0.05) is 25.8 Å². The molecule has 16 heteroatoms. The van der Waals surface area contributed by atoms with Gasteiger partial charge in [0.2, 0.25) is 29.5 Å². The van der Waals surface area contributed by atoms with Crippen molar-refractivity contribution in [3.05, 3.63) is 12.2 Å². The molecule has 0 fully saturated rings. The monoisotopic (exact) mass is 571 g/mol. The molecule has 16 nitrogen and oxygen atoms in total. The Labute approximate surface area is 230 Å². The van der Waals surface area contributed by atoms with E-state index in [4.69, 9.17) is 10.8 Å². The zero-order valence-electron chi connectivity index (χ0n) is 22.8. The molecule has 0 aliphatic carbocycles. The van der Waals surface area contributed by atoms with E-state index >= 15 is 0 Å². The molecular formula is C24H37N5O11. The van der Waals surface area contributed by atoms with E-state index in [9.17, 15) is 38.4 Å². The van der Waals surface area contributed by atoms with Gasteiger partial charge in [-0.2, -0.15) is 0 Å². The fourth-order valence-electron chi connectivity index (χ4n) is 3.21. The lowest BCUT2D eigenvalue weighted by Crippen LogP contribution is -2.57. The third-order valence-electron chi connectivity index (χ3n) is 5.28. The first-order valence-corrected chi connectivity index (χ1v) is 12.2. The maximum Gasteiger partial charge on any atom is 0.330 e. The van der Waals surface area contributed by atoms with Crippen LogP contribution >= 0.6 is 0 Å². The van der Waals surface area contributed by atoms with Crippen molar-refractivity contribution in [2.24, 2.45) is 5.73 Å². The first kappa shape index (κ1) is 35.5. The lowest BCUT2D eigenvalue weighted by atomic mass is 10.1. The number of methoxy groups -OCH3 is 2.